The first kappa shape index (κ1) is 11.6. The third-order valence-corrected chi connectivity index (χ3v) is 3.62. The number of carbonyl (C=O) groups excluding carboxylic acids is 1. The molecule has 4 heteroatoms. The highest BCUT2D eigenvalue weighted by Crippen LogP contribution is 2.43. The summed E-state index contributed by atoms with van der Waals surface area (Å²) in [6.45, 7) is 5.12. The van der Waals surface area contributed by atoms with Crippen molar-refractivity contribution in [1.29, 1.82) is 0 Å². The Balaban J connectivity index is 1.81. The molecule has 2 fully saturated rings. The van der Waals surface area contributed by atoms with Crippen LogP contribution in [0.25, 0.3) is 0 Å². The van der Waals surface area contributed by atoms with Crippen molar-refractivity contribution in [2.45, 2.75) is 31.6 Å². The Morgan fingerprint density at radius 1 is 1.31 bits per heavy atom. The van der Waals surface area contributed by atoms with Crippen LogP contribution in [0.5, 0.6) is 0 Å². The molecule has 0 aromatic rings. The van der Waals surface area contributed by atoms with Crippen molar-refractivity contribution in [3.05, 3.63) is 12.7 Å². The lowest BCUT2D eigenvalue weighted by Crippen LogP contribution is -2.48. The lowest BCUT2D eigenvalue weighted by molar-refractivity contribution is -0.160. The second-order valence-electron chi connectivity index (χ2n) is 4.86. The van der Waals surface area contributed by atoms with Gasteiger partial charge in [-0.25, -0.2) is 8.78 Å². The minimum absolute atomic E-state index is 0.0755. The van der Waals surface area contributed by atoms with Gasteiger partial charge in [-0.05, 0) is 18.8 Å². The average molecular weight is 229 g/mol. The van der Waals surface area contributed by atoms with Gasteiger partial charge in [0.05, 0.1) is 0 Å². The molecule has 0 bridgehead atoms. The van der Waals surface area contributed by atoms with Gasteiger partial charge in [-0.2, -0.15) is 0 Å². The normalized spacial score (nSPS) is 26.2. The molecule has 1 heterocycles. The molecule has 1 saturated heterocycles. The number of halogens is 2. The van der Waals surface area contributed by atoms with Gasteiger partial charge in [0, 0.05) is 31.8 Å². The largest absolute Gasteiger partial charge is 0.342 e. The highest BCUT2D eigenvalue weighted by molar-refractivity contribution is 5.80. The standard InChI is InChI=1S/C12H17F2NO/c1-2-9-3-5-15(6-4-9)11(16)10-7-12(13,14)8-10/h2,9-10H,1,3-8H2. The van der Waals surface area contributed by atoms with Gasteiger partial charge in [-0.3, -0.25) is 4.79 Å². The molecule has 16 heavy (non-hydrogen) atoms. The van der Waals surface area contributed by atoms with Crippen LogP contribution >= 0.6 is 0 Å². The summed E-state index contributed by atoms with van der Waals surface area (Å²) in [5.41, 5.74) is 0. The number of amides is 1. The minimum Gasteiger partial charge on any atom is -0.342 e. The number of hydrogen-bond donors (Lipinski definition) is 0. The Bertz CT molecular complexity index is 287. The Kier molecular flexibility index (Phi) is 3.00. The first-order chi connectivity index (χ1) is 7.52. The van der Waals surface area contributed by atoms with Gasteiger partial charge in [-0.1, -0.05) is 6.08 Å². The topological polar surface area (TPSA) is 20.3 Å². The maximum absolute atomic E-state index is 12.6. The Morgan fingerprint density at radius 3 is 2.31 bits per heavy atom. The monoisotopic (exact) mass is 229 g/mol. The van der Waals surface area contributed by atoms with E-state index in [4.69, 9.17) is 0 Å². The van der Waals surface area contributed by atoms with Crippen LogP contribution in [0, 0.1) is 11.8 Å². The lowest BCUT2D eigenvalue weighted by atomic mass is 9.80. The van der Waals surface area contributed by atoms with Crippen molar-refractivity contribution in [1.82, 2.24) is 4.90 Å². The Labute approximate surface area is 94.3 Å². The van der Waals surface area contributed by atoms with Crippen LogP contribution in [0.1, 0.15) is 25.7 Å². The van der Waals surface area contributed by atoms with Crippen molar-refractivity contribution in [2.75, 3.05) is 13.1 Å². The zero-order chi connectivity index (χ0) is 11.8. The first-order valence-corrected chi connectivity index (χ1v) is 5.81. The molecule has 2 rings (SSSR count). The Hall–Kier alpha value is -0.930. The molecule has 90 valence electrons. The third-order valence-electron chi connectivity index (χ3n) is 3.62. The molecule has 0 aromatic heterocycles. The second kappa shape index (κ2) is 4.15. The zero-order valence-electron chi connectivity index (χ0n) is 9.29. The Morgan fingerprint density at radius 2 is 1.88 bits per heavy atom. The fourth-order valence-corrected chi connectivity index (χ4v) is 2.45. The van der Waals surface area contributed by atoms with Crippen molar-refractivity contribution in [2.24, 2.45) is 11.8 Å². The summed E-state index contributed by atoms with van der Waals surface area (Å²) in [7, 11) is 0. The number of carbonyl (C=O) groups is 1. The molecule has 2 nitrogen and oxygen atoms in total. The first-order valence-electron chi connectivity index (χ1n) is 5.81. The van der Waals surface area contributed by atoms with Crippen LogP contribution in [0.3, 0.4) is 0 Å². The molecular weight excluding hydrogens is 212 g/mol. The van der Waals surface area contributed by atoms with E-state index < -0.39 is 11.8 Å². The molecule has 1 amide bonds. The van der Waals surface area contributed by atoms with Crippen LogP contribution in [-0.2, 0) is 4.79 Å². The fourth-order valence-electron chi connectivity index (χ4n) is 2.45. The van der Waals surface area contributed by atoms with Gasteiger partial charge in [0.15, 0.2) is 0 Å². The van der Waals surface area contributed by atoms with Gasteiger partial charge in [0.1, 0.15) is 0 Å². The highest BCUT2D eigenvalue weighted by atomic mass is 19.3. The van der Waals surface area contributed by atoms with E-state index in [1.54, 1.807) is 4.90 Å². The van der Waals surface area contributed by atoms with Crippen molar-refractivity contribution in [3.63, 3.8) is 0 Å². The van der Waals surface area contributed by atoms with Crippen LogP contribution < -0.4 is 0 Å². The molecule has 0 spiro atoms. The summed E-state index contributed by atoms with van der Waals surface area (Å²) in [4.78, 5) is 13.6. The van der Waals surface area contributed by atoms with E-state index in [1.807, 2.05) is 6.08 Å². The molecule has 0 N–H and O–H groups in total. The summed E-state index contributed by atoms with van der Waals surface area (Å²) in [6.07, 6.45) is 3.23. The molecule has 0 atom stereocenters. The number of allylic oxidation sites excluding steroid dienone is 1. The number of hydrogen-bond acceptors (Lipinski definition) is 1. The van der Waals surface area contributed by atoms with Crippen molar-refractivity contribution >= 4 is 5.91 Å². The zero-order valence-corrected chi connectivity index (χ0v) is 9.29. The smallest absolute Gasteiger partial charge is 0.249 e. The van der Waals surface area contributed by atoms with Crippen LogP contribution in [0.4, 0.5) is 8.78 Å². The number of rotatable bonds is 2. The predicted molar refractivity (Wildman–Crippen MR) is 57.2 cm³/mol. The predicted octanol–water partition coefficient (Wildman–Crippen LogP) is 2.46. The maximum Gasteiger partial charge on any atom is 0.249 e. The number of nitrogens with zero attached hydrogens (tertiary/aromatic N) is 1. The second-order valence-corrected chi connectivity index (χ2v) is 4.86. The van der Waals surface area contributed by atoms with Gasteiger partial charge in [-0.15, -0.1) is 6.58 Å². The van der Waals surface area contributed by atoms with E-state index in [2.05, 4.69) is 6.58 Å². The molecule has 0 radical (unpaired) electrons. The van der Waals surface area contributed by atoms with Crippen molar-refractivity contribution < 1.29 is 13.6 Å². The summed E-state index contributed by atoms with van der Waals surface area (Å²) in [5.74, 6) is -2.63. The van der Waals surface area contributed by atoms with E-state index >= 15 is 0 Å². The summed E-state index contributed by atoms with van der Waals surface area (Å²) < 4.78 is 25.3. The highest BCUT2D eigenvalue weighted by Gasteiger charge is 2.49. The van der Waals surface area contributed by atoms with E-state index in [0.29, 0.717) is 19.0 Å². The third kappa shape index (κ3) is 2.25. The van der Waals surface area contributed by atoms with Crippen LogP contribution in [0.2, 0.25) is 0 Å². The average Bonchev–Trinajstić information content (AvgIpc) is 2.25. The lowest BCUT2D eigenvalue weighted by Gasteiger charge is -2.39. The van der Waals surface area contributed by atoms with Crippen molar-refractivity contribution in [3.8, 4) is 0 Å². The van der Waals surface area contributed by atoms with Crippen LogP contribution in [-0.4, -0.2) is 29.8 Å². The molecule has 0 unspecified atom stereocenters. The molecule has 2 aliphatic rings. The van der Waals surface area contributed by atoms with E-state index in [9.17, 15) is 13.6 Å². The van der Waals surface area contributed by atoms with Gasteiger partial charge in [0.2, 0.25) is 11.8 Å². The van der Waals surface area contributed by atoms with E-state index in [1.165, 1.54) is 0 Å². The molecule has 1 aliphatic heterocycles. The van der Waals surface area contributed by atoms with E-state index in [-0.39, 0.29) is 18.7 Å². The minimum atomic E-state index is -2.60. The quantitative estimate of drug-likeness (QED) is 0.666. The van der Waals surface area contributed by atoms with E-state index in [0.717, 1.165) is 12.8 Å². The number of piperidine rings is 1. The summed E-state index contributed by atoms with van der Waals surface area (Å²) in [6, 6.07) is 0. The van der Waals surface area contributed by atoms with Crippen LogP contribution in [0.15, 0.2) is 12.7 Å². The van der Waals surface area contributed by atoms with Gasteiger partial charge >= 0.3 is 0 Å². The fraction of sp³-hybridized carbons (Fsp3) is 0.750. The summed E-state index contributed by atoms with van der Waals surface area (Å²) >= 11 is 0. The van der Waals surface area contributed by atoms with Gasteiger partial charge in [0.25, 0.3) is 0 Å². The van der Waals surface area contributed by atoms with Gasteiger partial charge < -0.3 is 4.90 Å². The maximum atomic E-state index is 12.6. The number of alkyl halides is 2. The molecule has 1 saturated carbocycles. The number of likely N-dealkylation sites (tertiary alicyclic amines) is 1. The molecule has 1 aliphatic carbocycles. The molecular formula is C12H17F2NO. The molecule has 0 aromatic carbocycles. The summed E-state index contributed by atoms with van der Waals surface area (Å²) in [5, 5.41) is 0. The SMILES string of the molecule is C=CC1CCN(C(=O)C2CC(F)(F)C2)CC1.